The number of nitrogens with zero attached hydrogens (tertiary/aromatic N) is 1. The Morgan fingerprint density at radius 2 is 2.00 bits per heavy atom. The van der Waals surface area contributed by atoms with Crippen LogP contribution in [0.4, 0.5) is 0 Å². The molecule has 1 aliphatic heterocycles. The molecule has 3 nitrogen and oxygen atoms in total. The Kier molecular flexibility index (Phi) is 2.54. The molecule has 0 aliphatic carbocycles. The molecule has 2 rings (SSSR count). The third-order valence-electron chi connectivity index (χ3n) is 3.01. The molecule has 0 bridgehead atoms. The highest BCUT2D eigenvalue weighted by Crippen LogP contribution is 2.31. The minimum atomic E-state index is -0.306. The summed E-state index contributed by atoms with van der Waals surface area (Å²) < 4.78 is 0. The van der Waals surface area contributed by atoms with Gasteiger partial charge in [0.05, 0.1) is 6.04 Å². The third-order valence-corrected chi connectivity index (χ3v) is 3.01. The van der Waals surface area contributed by atoms with Gasteiger partial charge in [0.25, 0.3) is 0 Å². The number of likely N-dealkylation sites (tertiary alicyclic amines) is 1. The number of hydrogen-bond donors (Lipinski definition) is 0. The number of likely N-dealkylation sites (N-methyl/N-ethyl adjacent to an activating group) is 1. The Labute approximate surface area is 88.7 Å². The predicted molar refractivity (Wildman–Crippen MR) is 56.4 cm³/mol. The average Bonchev–Trinajstić information content (AvgIpc) is 2.56. The summed E-state index contributed by atoms with van der Waals surface area (Å²) in [4.78, 5) is 24.0. The fraction of sp³-hybridized carbons (Fsp3) is 0.333. The van der Waals surface area contributed by atoms with Crippen LogP contribution in [0.15, 0.2) is 30.3 Å². The van der Waals surface area contributed by atoms with Gasteiger partial charge in [-0.3, -0.25) is 4.79 Å². The van der Waals surface area contributed by atoms with Crippen molar-refractivity contribution < 1.29 is 9.59 Å². The summed E-state index contributed by atoms with van der Waals surface area (Å²) in [5.41, 5.74) is 1.06. The molecule has 1 aliphatic rings. The van der Waals surface area contributed by atoms with Crippen LogP contribution in [0.1, 0.15) is 17.9 Å². The first kappa shape index (κ1) is 9.90. The van der Waals surface area contributed by atoms with Gasteiger partial charge in [-0.15, -0.1) is 0 Å². The minimum absolute atomic E-state index is 0.0150. The maximum Gasteiger partial charge on any atom is 0.223 e. The molecule has 1 fully saturated rings. The molecule has 1 aromatic rings. The molecule has 2 atom stereocenters. The molecule has 3 heteroatoms. The maximum atomic E-state index is 11.5. The Hall–Kier alpha value is -1.64. The van der Waals surface area contributed by atoms with E-state index in [2.05, 4.69) is 0 Å². The van der Waals surface area contributed by atoms with Gasteiger partial charge in [-0.1, -0.05) is 30.3 Å². The summed E-state index contributed by atoms with van der Waals surface area (Å²) in [6.07, 6.45) is 1.30. The lowest BCUT2D eigenvalue weighted by Crippen LogP contribution is -2.32. The highest BCUT2D eigenvalue weighted by Gasteiger charge is 2.37. The Morgan fingerprint density at radius 3 is 2.60 bits per heavy atom. The molecular formula is C12H13NO2. The van der Waals surface area contributed by atoms with Crippen molar-refractivity contribution in [3.8, 4) is 0 Å². The second kappa shape index (κ2) is 3.85. The van der Waals surface area contributed by atoms with E-state index in [-0.39, 0.29) is 17.9 Å². The number of rotatable bonds is 2. The molecule has 0 N–H and O–H groups in total. The van der Waals surface area contributed by atoms with E-state index in [1.165, 1.54) is 4.90 Å². The first-order valence-electron chi connectivity index (χ1n) is 5.00. The van der Waals surface area contributed by atoms with Crippen molar-refractivity contribution in [3.05, 3.63) is 35.9 Å². The first-order valence-corrected chi connectivity index (χ1v) is 5.00. The number of aldehydes is 1. The van der Waals surface area contributed by atoms with Gasteiger partial charge in [-0.25, -0.2) is 0 Å². The van der Waals surface area contributed by atoms with Crippen LogP contribution in [0.3, 0.4) is 0 Å². The summed E-state index contributed by atoms with van der Waals surface area (Å²) in [7, 11) is 1.68. The van der Waals surface area contributed by atoms with E-state index in [9.17, 15) is 9.59 Å². The Balaban J connectivity index is 2.31. The van der Waals surface area contributed by atoms with Gasteiger partial charge in [0.15, 0.2) is 0 Å². The molecule has 1 heterocycles. The van der Waals surface area contributed by atoms with Crippen LogP contribution in [0.2, 0.25) is 0 Å². The second-order valence-electron chi connectivity index (χ2n) is 3.85. The van der Waals surface area contributed by atoms with Crippen LogP contribution in [0.5, 0.6) is 0 Å². The van der Waals surface area contributed by atoms with Gasteiger partial charge in [-0.05, 0) is 5.56 Å². The van der Waals surface area contributed by atoms with Crippen molar-refractivity contribution in [2.45, 2.75) is 18.4 Å². The van der Waals surface area contributed by atoms with Crippen LogP contribution >= 0.6 is 0 Å². The van der Waals surface area contributed by atoms with E-state index in [0.29, 0.717) is 6.42 Å². The zero-order valence-corrected chi connectivity index (χ0v) is 8.59. The SMILES string of the molecule is CN1C(=O)CC(c2ccccc2)[C@@H]1C=O. The van der Waals surface area contributed by atoms with Gasteiger partial charge < -0.3 is 9.69 Å². The van der Waals surface area contributed by atoms with Crippen LogP contribution < -0.4 is 0 Å². The highest BCUT2D eigenvalue weighted by atomic mass is 16.2. The van der Waals surface area contributed by atoms with E-state index in [1.807, 2.05) is 30.3 Å². The topological polar surface area (TPSA) is 37.4 Å². The van der Waals surface area contributed by atoms with E-state index < -0.39 is 0 Å². The summed E-state index contributed by atoms with van der Waals surface area (Å²) in [6.45, 7) is 0. The molecule has 1 aromatic carbocycles. The van der Waals surface area contributed by atoms with Crippen molar-refractivity contribution in [1.29, 1.82) is 0 Å². The normalized spacial score (nSPS) is 25.7. The molecule has 0 radical (unpaired) electrons. The lowest BCUT2D eigenvalue weighted by atomic mass is 9.92. The molecule has 1 amide bonds. The number of amides is 1. The molecule has 0 spiro atoms. The summed E-state index contributed by atoms with van der Waals surface area (Å²) in [5.74, 6) is 0.0575. The monoisotopic (exact) mass is 203 g/mol. The second-order valence-corrected chi connectivity index (χ2v) is 3.85. The molecule has 15 heavy (non-hydrogen) atoms. The van der Waals surface area contributed by atoms with Gasteiger partial charge >= 0.3 is 0 Å². The Bertz CT molecular complexity index is 374. The zero-order chi connectivity index (χ0) is 10.8. The fourth-order valence-corrected chi connectivity index (χ4v) is 2.09. The Morgan fingerprint density at radius 1 is 1.33 bits per heavy atom. The quantitative estimate of drug-likeness (QED) is 0.677. The van der Waals surface area contributed by atoms with Crippen molar-refractivity contribution in [2.75, 3.05) is 7.05 Å². The third kappa shape index (κ3) is 1.65. The van der Waals surface area contributed by atoms with Crippen molar-refractivity contribution in [2.24, 2.45) is 0 Å². The number of carbonyl (C=O) groups excluding carboxylic acids is 2. The number of hydrogen-bond acceptors (Lipinski definition) is 2. The number of benzene rings is 1. The molecule has 0 aromatic heterocycles. The number of carbonyl (C=O) groups is 2. The lowest BCUT2D eigenvalue weighted by molar-refractivity contribution is -0.129. The largest absolute Gasteiger partial charge is 0.335 e. The molecule has 0 saturated carbocycles. The van der Waals surface area contributed by atoms with E-state index in [1.54, 1.807) is 7.05 Å². The van der Waals surface area contributed by atoms with Crippen molar-refractivity contribution in [1.82, 2.24) is 4.90 Å². The molecule has 1 saturated heterocycles. The van der Waals surface area contributed by atoms with E-state index >= 15 is 0 Å². The minimum Gasteiger partial charge on any atom is -0.335 e. The van der Waals surface area contributed by atoms with Crippen LogP contribution in [0, 0.1) is 0 Å². The predicted octanol–water partition coefficient (Wildman–Crippen LogP) is 1.20. The van der Waals surface area contributed by atoms with Gasteiger partial charge in [-0.2, -0.15) is 0 Å². The van der Waals surface area contributed by atoms with Gasteiger partial charge in [0.1, 0.15) is 6.29 Å². The van der Waals surface area contributed by atoms with E-state index in [4.69, 9.17) is 0 Å². The fourth-order valence-electron chi connectivity index (χ4n) is 2.09. The summed E-state index contributed by atoms with van der Waals surface area (Å²) in [5, 5.41) is 0. The van der Waals surface area contributed by atoms with Gasteiger partial charge in [0, 0.05) is 19.4 Å². The summed E-state index contributed by atoms with van der Waals surface area (Å²) >= 11 is 0. The lowest BCUT2D eigenvalue weighted by Gasteiger charge is -2.19. The van der Waals surface area contributed by atoms with Crippen LogP contribution in [0.25, 0.3) is 0 Å². The maximum absolute atomic E-state index is 11.5. The zero-order valence-electron chi connectivity index (χ0n) is 8.59. The van der Waals surface area contributed by atoms with Crippen molar-refractivity contribution in [3.63, 3.8) is 0 Å². The van der Waals surface area contributed by atoms with Crippen LogP contribution in [-0.4, -0.2) is 30.2 Å². The van der Waals surface area contributed by atoms with Crippen LogP contribution in [-0.2, 0) is 9.59 Å². The average molecular weight is 203 g/mol. The van der Waals surface area contributed by atoms with Crippen molar-refractivity contribution >= 4 is 12.2 Å². The molecule has 1 unspecified atom stereocenters. The molecule has 78 valence electrons. The van der Waals surface area contributed by atoms with Gasteiger partial charge in [0.2, 0.25) is 5.91 Å². The summed E-state index contributed by atoms with van der Waals surface area (Å²) in [6, 6.07) is 9.42. The first-order chi connectivity index (χ1) is 7.24. The highest BCUT2D eigenvalue weighted by molar-refractivity contribution is 5.85. The van der Waals surface area contributed by atoms with E-state index in [0.717, 1.165) is 11.8 Å². The molecular weight excluding hydrogens is 190 g/mol. The smallest absolute Gasteiger partial charge is 0.223 e. The standard InChI is InChI=1S/C12H13NO2/c1-13-11(8-14)10(7-12(13)15)9-5-3-2-4-6-9/h2-6,8,10-11H,7H2,1H3/t10?,11-/m0/s1.